The summed E-state index contributed by atoms with van der Waals surface area (Å²) < 4.78 is 0.293. The first-order valence-electron chi connectivity index (χ1n) is 5.42. The molecule has 0 rings (SSSR count). The molecule has 0 aliphatic carbocycles. The normalized spacial score (nSPS) is 8.67. The van der Waals surface area contributed by atoms with E-state index in [0.29, 0.717) is 4.58 Å². The molecule has 0 amide bonds. The molecule has 0 aromatic heterocycles. The van der Waals surface area contributed by atoms with Crippen molar-refractivity contribution in [2.45, 2.75) is 56.5 Å². The summed E-state index contributed by atoms with van der Waals surface area (Å²) in [6.45, 7) is 2.20. The second kappa shape index (κ2) is 16.3. The maximum absolute atomic E-state index is 4.95. The van der Waals surface area contributed by atoms with Crippen LogP contribution in [0.2, 0.25) is 0 Å². The third-order valence-corrected chi connectivity index (χ3v) is 2.22. The molecule has 0 N–H and O–H groups in total. The molecule has 0 radical (unpaired) electrons. The van der Waals surface area contributed by atoms with Gasteiger partial charge in [-0.15, -0.1) is 24.7 Å². The van der Waals surface area contributed by atoms with Crippen molar-refractivity contribution in [3.63, 3.8) is 0 Å². The minimum Gasteiger partial charge on any atom is -0.165 e. The summed E-state index contributed by atoms with van der Waals surface area (Å²) in [7, 11) is 0. The van der Waals surface area contributed by atoms with Crippen molar-refractivity contribution < 1.29 is 0 Å². The Labute approximate surface area is 106 Å². The van der Waals surface area contributed by atoms with E-state index >= 15 is 0 Å². The number of thiol groups is 2. The molecule has 0 unspecified atom stereocenters. The lowest BCUT2D eigenvalue weighted by atomic mass is 10.2. The second-order valence-corrected chi connectivity index (χ2v) is 4.89. The number of unbranched alkanes of at least 4 members (excludes halogenated alkanes) is 4. The van der Waals surface area contributed by atoms with Crippen LogP contribution in [-0.4, -0.2) is 4.58 Å². The van der Waals surface area contributed by atoms with E-state index in [1.165, 1.54) is 19.3 Å². The van der Waals surface area contributed by atoms with Crippen LogP contribution >= 0.6 is 25.3 Å². The summed E-state index contributed by atoms with van der Waals surface area (Å²) in [5.41, 5.74) is 0. The Morgan fingerprint density at radius 3 is 1.87 bits per heavy atom. The van der Waals surface area contributed by atoms with Crippen molar-refractivity contribution in [3.8, 4) is 24.7 Å². The average Bonchev–Trinajstić information content (AvgIpc) is 2.20. The van der Waals surface area contributed by atoms with E-state index in [1.807, 2.05) is 0 Å². The maximum Gasteiger partial charge on any atom is 0.0442 e. The van der Waals surface area contributed by atoms with Gasteiger partial charge < -0.3 is 0 Å². The lowest BCUT2D eigenvalue weighted by molar-refractivity contribution is 0.698. The highest BCUT2D eigenvalue weighted by Crippen LogP contribution is 2.10. The van der Waals surface area contributed by atoms with Crippen LogP contribution < -0.4 is 0 Å². The lowest BCUT2D eigenvalue weighted by Crippen LogP contribution is -1.85. The molecule has 0 aromatic rings. The molecule has 0 aliphatic rings. The van der Waals surface area contributed by atoms with Crippen molar-refractivity contribution in [1.82, 2.24) is 0 Å². The highest BCUT2D eigenvalue weighted by atomic mass is 32.2. The van der Waals surface area contributed by atoms with Gasteiger partial charge in [0.1, 0.15) is 0 Å². The Bertz CT molecular complexity index is 170. The summed E-state index contributed by atoms with van der Waals surface area (Å²) >= 11 is 8.27. The summed E-state index contributed by atoms with van der Waals surface area (Å²) in [5, 5.41) is 0. The van der Waals surface area contributed by atoms with Crippen LogP contribution in [0, 0.1) is 24.7 Å². The fourth-order valence-corrected chi connectivity index (χ4v) is 1.23. The van der Waals surface area contributed by atoms with Gasteiger partial charge in [0.05, 0.1) is 0 Å². The van der Waals surface area contributed by atoms with Crippen molar-refractivity contribution >= 4 is 25.3 Å². The SMILES string of the molecule is C#CCCCC#C.CCCCCC(S)S. The zero-order valence-electron chi connectivity index (χ0n) is 9.58. The van der Waals surface area contributed by atoms with Gasteiger partial charge in [-0.05, 0) is 12.8 Å². The standard InChI is InChI=1S/C7H8.C6H14S2/c1-3-5-7-6-4-2;1-2-3-4-5-6(7)8/h1-2H,5-7H2;6-8H,2-5H2,1H3. The Balaban J connectivity index is 0. The molecule has 0 bridgehead atoms. The predicted molar refractivity (Wildman–Crippen MR) is 77.4 cm³/mol. The predicted octanol–water partition coefficient (Wildman–Crippen LogP) is 4.18. The van der Waals surface area contributed by atoms with Crippen molar-refractivity contribution in [1.29, 1.82) is 0 Å². The van der Waals surface area contributed by atoms with Gasteiger partial charge in [-0.3, -0.25) is 0 Å². The minimum atomic E-state index is 0.293. The Morgan fingerprint density at radius 2 is 1.53 bits per heavy atom. The van der Waals surface area contributed by atoms with Gasteiger partial charge in [0.15, 0.2) is 0 Å². The average molecular weight is 242 g/mol. The van der Waals surface area contributed by atoms with E-state index in [0.717, 1.165) is 25.7 Å². The molecule has 15 heavy (non-hydrogen) atoms. The van der Waals surface area contributed by atoms with E-state index in [-0.39, 0.29) is 0 Å². The van der Waals surface area contributed by atoms with Crippen LogP contribution in [0.1, 0.15) is 51.9 Å². The van der Waals surface area contributed by atoms with E-state index < -0.39 is 0 Å². The monoisotopic (exact) mass is 242 g/mol. The van der Waals surface area contributed by atoms with Gasteiger partial charge in [-0.1, -0.05) is 26.2 Å². The molecule has 0 nitrogen and oxygen atoms in total. The molecular formula is C13H22S2. The van der Waals surface area contributed by atoms with E-state index in [2.05, 4.69) is 44.0 Å². The molecule has 2 heteroatoms. The fraction of sp³-hybridized carbons (Fsp3) is 0.692. The van der Waals surface area contributed by atoms with Crippen LogP contribution in [0.3, 0.4) is 0 Å². The smallest absolute Gasteiger partial charge is 0.0442 e. The molecule has 0 heterocycles. The maximum atomic E-state index is 4.95. The van der Waals surface area contributed by atoms with Crippen molar-refractivity contribution in [2.24, 2.45) is 0 Å². The zero-order valence-corrected chi connectivity index (χ0v) is 11.4. The van der Waals surface area contributed by atoms with Gasteiger partial charge in [0.2, 0.25) is 0 Å². The molecule has 86 valence electrons. The molecule has 0 aliphatic heterocycles. The molecule has 0 fully saturated rings. The zero-order chi connectivity index (χ0) is 11.9. The lowest BCUT2D eigenvalue weighted by Gasteiger charge is -1.99. The van der Waals surface area contributed by atoms with Crippen molar-refractivity contribution in [2.75, 3.05) is 0 Å². The summed E-state index contributed by atoms with van der Waals surface area (Å²) in [6, 6.07) is 0. The molecule has 0 saturated heterocycles. The van der Waals surface area contributed by atoms with Crippen LogP contribution in [0.25, 0.3) is 0 Å². The summed E-state index contributed by atoms with van der Waals surface area (Å²) in [4.78, 5) is 0. The fourth-order valence-electron chi connectivity index (χ4n) is 0.869. The number of rotatable bonds is 6. The summed E-state index contributed by atoms with van der Waals surface area (Å²) in [6.07, 6.45) is 17.5. The number of hydrogen-bond donors (Lipinski definition) is 2. The Kier molecular flexibility index (Phi) is 18.7. The van der Waals surface area contributed by atoms with Crippen LogP contribution in [0.4, 0.5) is 0 Å². The molecule has 0 atom stereocenters. The third-order valence-electron chi connectivity index (χ3n) is 1.71. The minimum absolute atomic E-state index is 0.293. The first-order chi connectivity index (χ1) is 7.18. The molecular weight excluding hydrogens is 220 g/mol. The van der Waals surface area contributed by atoms with Gasteiger partial charge >= 0.3 is 0 Å². The highest BCUT2D eigenvalue weighted by Gasteiger charge is 1.92. The Morgan fingerprint density at radius 1 is 1.00 bits per heavy atom. The molecule has 0 spiro atoms. The van der Waals surface area contributed by atoms with Gasteiger partial charge in [0.25, 0.3) is 0 Å². The van der Waals surface area contributed by atoms with E-state index in [9.17, 15) is 0 Å². The van der Waals surface area contributed by atoms with Gasteiger partial charge in [0, 0.05) is 17.4 Å². The summed E-state index contributed by atoms with van der Waals surface area (Å²) in [5.74, 6) is 5.01. The van der Waals surface area contributed by atoms with E-state index in [1.54, 1.807) is 0 Å². The highest BCUT2D eigenvalue weighted by molar-refractivity contribution is 7.99. The quantitative estimate of drug-likeness (QED) is 0.297. The number of hydrogen-bond acceptors (Lipinski definition) is 2. The first-order valence-corrected chi connectivity index (χ1v) is 6.45. The number of terminal acetylenes is 2. The van der Waals surface area contributed by atoms with E-state index in [4.69, 9.17) is 12.8 Å². The third kappa shape index (κ3) is 24.8. The Hall–Kier alpha value is -0.180. The van der Waals surface area contributed by atoms with Gasteiger partial charge in [-0.2, -0.15) is 25.3 Å². The molecule has 0 saturated carbocycles. The van der Waals surface area contributed by atoms with Crippen molar-refractivity contribution in [3.05, 3.63) is 0 Å². The second-order valence-electron chi connectivity index (χ2n) is 3.24. The van der Waals surface area contributed by atoms with Crippen LogP contribution in [0.5, 0.6) is 0 Å². The van der Waals surface area contributed by atoms with Crippen LogP contribution in [-0.2, 0) is 0 Å². The topological polar surface area (TPSA) is 0 Å². The largest absolute Gasteiger partial charge is 0.165 e. The molecule has 0 aromatic carbocycles. The van der Waals surface area contributed by atoms with Gasteiger partial charge in [-0.25, -0.2) is 0 Å². The van der Waals surface area contributed by atoms with Crippen LogP contribution in [0.15, 0.2) is 0 Å². The first kappa shape index (κ1) is 17.2.